The van der Waals surface area contributed by atoms with Crippen molar-refractivity contribution >= 4 is 115 Å². The van der Waals surface area contributed by atoms with E-state index in [2.05, 4.69) is 235 Å². The maximum atomic E-state index is 7.26. The molecular formula is C64H56N2O2Si2. The second kappa shape index (κ2) is 15.1. The molecule has 4 heterocycles. The van der Waals surface area contributed by atoms with E-state index in [0.29, 0.717) is 0 Å². The molecule has 2 aromatic heterocycles. The highest BCUT2D eigenvalue weighted by molar-refractivity contribution is 7.13. The molecule has 0 amide bonds. The largest absolute Gasteiger partial charge is 0.455 e. The van der Waals surface area contributed by atoms with Gasteiger partial charge in [0.05, 0.1) is 16.8 Å². The van der Waals surface area contributed by atoms with E-state index in [9.17, 15) is 0 Å². The van der Waals surface area contributed by atoms with Crippen molar-refractivity contribution in [1.29, 1.82) is 0 Å². The third kappa shape index (κ3) is 5.87. The van der Waals surface area contributed by atoms with Crippen molar-refractivity contribution in [3.05, 3.63) is 191 Å². The SMILES string of the molecule is Cc1ccc(N(c2ccccc2C)c2cc3c(c4c2oc2ccccc24)-c2ccc4c(c2[Si]3(C)C)[Si](C)(C)c2cc(N(c3ccccc3C)c3ccc(C)cc3C)c3c(oc5ccccc53)c2-4)c(C)c1. The van der Waals surface area contributed by atoms with Gasteiger partial charge < -0.3 is 18.6 Å². The summed E-state index contributed by atoms with van der Waals surface area (Å²) in [5.74, 6) is 0. The van der Waals surface area contributed by atoms with Crippen LogP contribution in [-0.4, -0.2) is 16.1 Å². The molecule has 0 spiro atoms. The maximum absolute atomic E-state index is 7.26. The molecule has 70 heavy (non-hydrogen) atoms. The molecule has 13 rings (SSSR count). The molecule has 0 saturated carbocycles. The minimum atomic E-state index is -2.50. The number of furan rings is 2. The lowest BCUT2D eigenvalue weighted by atomic mass is 9.94. The van der Waals surface area contributed by atoms with E-state index in [4.69, 9.17) is 8.83 Å². The average Bonchev–Trinajstić information content (AvgIpc) is 4.04. The van der Waals surface area contributed by atoms with E-state index < -0.39 is 16.1 Å². The van der Waals surface area contributed by atoms with E-state index in [1.807, 2.05) is 0 Å². The summed E-state index contributed by atoms with van der Waals surface area (Å²) in [5.41, 5.74) is 23.4. The minimum absolute atomic E-state index is 0.913. The van der Waals surface area contributed by atoms with Gasteiger partial charge >= 0.3 is 0 Å². The Hall–Kier alpha value is -7.39. The van der Waals surface area contributed by atoms with Crippen molar-refractivity contribution < 1.29 is 8.83 Å². The van der Waals surface area contributed by atoms with Crippen LogP contribution in [0.2, 0.25) is 26.2 Å². The van der Waals surface area contributed by atoms with Crippen LogP contribution >= 0.6 is 0 Å². The Bertz CT molecular complexity index is 4060. The summed E-state index contributed by atoms with van der Waals surface area (Å²) >= 11 is 0. The van der Waals surface area contributed by atoms with Gasteiger partial charge in [-0.2, -0.15) is 0 Å². The number of rotatable bonds is 6. The summed E-state index contributed by atoms with van der Waals surface area (Å²) in [6, 6.07) is 58.7. The summed E-state index contributed by atoms with van der Waals surface area (Å²) in [6.45, 7) is 23.8. The van der Waals surface area contributed by atoms with E-state index in [1.165, 1.54) is 88.5 Å². The normalized spacial score (nSPS) is 14.1. The lowest BCUT2D eigenvalue weighted by Gasteiger charge is -2.32. The molecular weight excluding hydrogens is 885 g/mol. The molecule has 0 radical (unpaired) electrons. The monoisotopic (exact) mass is 940 g/mol. The smallest absolute Gasteiger partial charge is 0.160 e. The van der Waals surface area contributed by atoms with Crippen LogP contribution in [0.15, 0.2) is 167 Å². The Morgan fingerprint density at radius 2 is 0.786 bits per heavy atom. The third-order valence-corrected chi connectivity index (χ3v) is 23.2. The number of benzene rings is 9. The van der Waals surface area contributed by atoms with Crippen molar-refractivity contribution in [3.63, 3.8) is 0 Å². The molecule has 0 atom stereocenters. The van der Waals surface area contributed by atoms with Crippen LogP contribution in [0.1, 0.15) is 33.4 Å². The van der Waals surface area contributed by atoms with Crippen molar-refractivity contribution in [2.75, 3.05) is 9.80 Å². The Balaban J connectivity index is 1.11. The fourth-order valence-corrected chi connectivity index (χ4v) is 21.2. The highest BCUT2D eigenvalue weighted by atomic mass is 28.3. The number of para-hydroxylation sites is 4. The molecule has 4 nitrogen and oxygen atoms in total. The van der Waals surface area contributed by atoms with Crippen molar-refractivity contribution in [3.8, 4) is 22.3 Å². The molecule has 0 unspecified atom stereocenters. The number of aryl methyl sites for hydroxylation is 6. The molecule has 2 aliphatic heterocycles. The number of anilines is 6. The second-order valence-corrected chi connectivity index (χ2v) is 29.8. The Kier molecular flexibility index (Phi) is 9.18. The highest BCUT2D eigenvalue weighted by Crippen LogP contribution is 2.52. The summed E-state index contributed by atoms with van der Waals surface area (Å²) < 4.78 is 14.4. The van der Waals surface area contributed by atoms with Crippen molar-refractivity contribution in [1.82, 2.24) is 0 Å². The maximum Gasteiger partial charge on any atom is 0.160 e. The molecule has 0 bridgehead atoms. The predicted octanol–water partition coefficient (Wildman–Crippen LogP) is 15.9. The number of hydrogen-bond donors (Lipinski definition) is 0. The number of fused-ring (bicyclic) bond motifs is 15. The van der Waals surface area contributed by atoms with Crippen LogP contribution in [0.5, 0.6) is 0 Å². The van der Waals surface area contributed by atoms with Crippen molar-refractivity contribution in [2.24, 2.45) is 0 Å². The second-order valence-electron chi connectivity index (χ2n) is 21.2. The van der Waals surface area contributed by atoms with Crippen LogP contribution < -0.4 is 30.5 Å². The van der Waals surface area contributed by atoms with Crippen LogP contribution in [-0.2, 0) is 0 Å². The molecule has 0 fully saturated rings. The molecule has 9 aromatic carbocycles. The minimum Gasteiger partial charge on any atom is -0.455 e. The predicted molar refractivity (Wildman–Crippen MR) is 303 cm³/mol. The highest BCUT2D eigenvalue weighted by Gasteiger charge is 2.50. The van der Waals surface area contributed by atoms with Crippen LogP contribution in [0.3, 0.4) is 0 Å². The molecule has 2 aliphatic rings. The zero-order valence-corrected chi connectivity index (χ0v) is 43.7. The van der Waals surface area contributed by atoms with E-state index in [0.717, 1.165) is 55.6 Å². The molecule has 0 saturated heterocycles. The van der Waals surface area contributed by atoms with E-state index >= 15 is 0 Å². The Morgan fingerprint density at radius 3 is 1.33 bits per heavy atom. The van der Waals surface area contributed by atoms with Gasteiger partial charge in [0.1, 0.15) is 32.9 Å². The Morgan fingerprint density at radius 1 is 0.357 bits per heavy atom. The standard InChI is InChI=1S/C64H56N2O2Si2/c1-37-27-31-49(41(5)33-37)65(47-23-15-11-19-39(47)3)51-35-56-59(62-57(51)43-21-13-17-25-53(43)68-62)46-30-29-45-58-55(69(7,8)63(45)64(46)70(56,9)10)36-52(61-60(58)44-22-14-18-26-54(44)67-61)66(48-24-16-12-20-40(48)4)50-32-28-38(2)34-42(50)6/h11-36H,1-10H3. The van der Waals surface area contributed by atoms with Crippen LogP contribution in [0, 0.1) is 41.5 Å². The number of hydrogen-bond acceptors (Lipinski definition) is 4. The van der Waals surface area contributed by atoms with Gasteiger partial charge in [0.25, 0.3) is 0 Å². The third-order valence-electron chi connectivity index (χ3n) is 16.0. The fraction of sp³-hybridized carbons (Fsp3) is 0.156. The van der Waals surface area contributed by atoms with Crippen LogP contribution in [0.4, 0.5) is 34.1 Å². The van der Waals surface area contributed by atoms with Crippen LogP contribution in [0.25, 0.3) is 66.1 Å². The first-order valence-electron chi connectivity index (χ1n) is 24.8. The molecule has 6 heteroatoms. The summed E-state index contributed by atoms with van der Waals surface area (Å²) in [4.78, 5) is 5.01. The van der Waals surface area contributed by atoms with Gasteiger partial charge in [0.2, 0.25) is 0 Å². The Labute approximate surface area is 412 Å². The first-order chi connectivity index (χ1) is 33.7. The van der Waals surface area contributed by atoms with Gasteiger partial charge in [-0.25, -0.2) is 0 Å². The quantitative estimate of drug-likeness (QED) is 0.156. The van der Waals surface area contributed by atoms with E-state index in [1.54, 1.807) is 10.4 Å². The molecule has 0 N–H and O–H groups in total. The molecule has 0 aliphatic carbocycles. The lowest BCUT2D eigenvalue weighted by molar-refractivity contribution is 0.669. The van der Waals surface area contributed by atoms with Gasteiger partial charge in [-0.1, -0.05) is 147 Å². The topological polar surface area (TPSA) is 32.8 Å². The summed E-state index contributed by atoms with van der Waals surface area (Å²) in [6.07, 6.45) is 0. The van der Waals surface area contributed by atoms with Gasteiger partial charge in [0.15, 0.2) is 5.58 Å². The average molecular weight is 941 g/mol. The fourth-order valence-electron chi connectivity index (χ4n) is 12.7. The summed E-state index contributed by atoms with van der Waals surface area (Å²) in [7, 11) is -4.99. The van der Waals surface area contributed by atoms with Gasteiger partial charge in [-0.05, 0) is 150 Å². The lowest BCUT2D eigenvalue weighted by Crippen LogP contribution is -2.63. The zero-order valence-electron chi connectivity index (χ0n) is 41.7. The molecule has 342 valence electrons. The van der Waals surface area contributed by atoms with Crippen molar-refractivity contribution in [2.45, 2.75) is 67.7 Å². The van der Waals surface area contributed by atoms with E-state index in [-0.39, 0.29) is 0 Å². The van der Waals surface area contributed by atoms with Gasteiger partial charge in [-0.3, -0.25) is 0 Å². The first kappa shape index (κ1) is 42.7. The number of nitrogens with zero attached hydrogens (tertiary/aromatic N) is 2. The van der Waals surface area contributed by atoms with Gasteiger partial charge in [-0.15, -0.1) is 0 Å². The molecule has 11 aromatic rings. The zero-order chi connectivity index (χ0) is 48.1. The first-order valence-corrected chi connectivity index (χ1v) is 30.8. The van der Waals surface area contributed by atoms with Gasteiger partial charge in [0, 0.05) is 44.5 Å². The summed E-state index contributed by atoms with van der Waals surface area (Å²) in [5, 5.41) is 10.7.